The summed E-state index contributed by atoms with van der Waals surface area (Å²) in [6.07, 6.45) is 0.389. The average Bonchev–Trinajstić information content (AvgIpc) is 3.52. The van der Waals surface area contributed by atoms with Crippen LogP contribution in [0.5, 0.6) is 0 Å². The third-order valence-electron chi connectivity index (χ3n) is 6.32. The van der Waals surface area contributed by atoms with Gasteiger partial charge in [-0.05, 0) is 44.4 Å². The second-order valence-corrected chi connectivity index (χ2v) is 11.2. The van der Waals surface area contributed by atoms with Crippen LogP contribution in [0, 0.1) is 13.8 Å². The maximum atomic E-state index is 13.1. The van der Waals surface area contributed by atoms with Crippen molar-refractivity contribution < 1.29 is 23.1 Å². The molecule has 6 N–H and O–H groups in total. The molecule has 38 heavy (non-hydrogen) atoms. The Kier molecular flexibility index (Phi) is 8.57. The number of nitrogens with one attached hydrogen (secondary N) is 5. The molecule has 2 aromatic carbocycles. The Morgan fingerprint density at radius 1 is 1.11 bits per heavy atom. The van der Waals surface area contributed by atoms with Gasteiger partial charge < -0.3 is 20.7 Å². The van der Waals surface area contributed by atoms with E-state index in [9.17, 15) is 23.1 Å². The number of H-pyrrole nitrogens is 1. The van der Waals surface area contributed by atoms with Gasteiger partial charge in [0.05, 0.1) is 17.0 Å². The highest BCUT2D eigenvalue weighted by Gasteiger charge is 2.35. The number of carbonyl (C=O) groups excluding carboxylic acids is 2. The minimum atomic E-state index is -3.75. The van der Waals surface area contributed by atoms with Crippen LogP contribution in [0.4, 0.5) is 5.95 Å². The fourth-order valence-corrected chi connectivity index (χ4v) is 5.52. The largest absolute Gasteiger partial charge is 0.381 e. The summed E-state index contributed by atoms with van der Waals surface area (Å²) in [5, 5.41) is 19.2. The van der Waals surface area contributed by atoms with E-state index in [0.717, 1.165) is 16.8 Å². The molecule has 2 unspecified atom stereocenters. The lowest BCUT2D eigenvalue weighted by molar-refractivity contribution is -0.128. The van der Waals surface area contributed by atoms with E-state index < -0.39 is 46.1 Å². The highest BCUT2D eigenvalue weighted by atomic mass is 32.2. The van der Waals surface area contributed by atoms with E-state index in [1.165, 1.54) is 12.1 Å². The molecule has 1 fully saturated rings. The lowest BCUT2D eigenvalue weighted by Gasteiger charge is -2.25. The van der Waals surface area contributed by atoms with Crippen molar-refractivity contribution in [3.05, 3.63) is 77.6 Å². The molecule has 0 aliphatic carbocycles. The zero-order valence-electron chi connectivity index (χ0n) is 21.1. The van der Waals surface area contributed by atoms with Crippen LogP contribution in [-0.4, -0.2) is 66.1 Å². The van der Waals surface area contributed by atoms with Gasteiger partial charge in [0.2, 0.25) is 21.9 Å². The van der Waals surface area contributed by atoms with Gasteiger partial charge in [0.15, 0.2) is 6.10 Å². The molecule has 3 aromatic rings. The number of nitrogens with zero attached hydrogens (tertiary/aromatic N) is 1. The van der Waals surface area contributed by atoms with Crippen LogP contribution in [0.3, 0.4) is 0 Å². The summed E-state index contributed by atoms with van der Waals surface area (Å²) in [7, 11) is -3.75. The first-order valence-electron chi connectivity index (χ1n) is 12.3. The second-order valence-electron chi connectivity index (χ2n) is 9.48. The summed E-state index contributed by atoms with van der Waals surface area (Å²) >= 11 is 0. The first kappa shape index (κ1) is 27.5. The Labute approximate surface area is 221 Å². The molecule has 1 aromatic heterocycles. The van der Waals surface area contributed by atoms with E-state index in [-0.39, 0.29) is 30.2 Å². The molecule has 202 valence electrons. The summed E-state index contributed by atoms with van der Waals surface area (Å²) in [6, 6.07) is 13.5. The SMILES string of the molecule is Cc1ccc(S(=O)(=O)N[C@H]2CN[C@H](C(=O)NC(Cc3ccccc3)C(O)C(=O)Nc3ncc(C)[nH]3)C2)cc1. The molecule has 0 radical (unpaired) electrons. The van der Waals surface area contributed by atoms with Gasteiger partial charge in [-0.3, -0.25) is 14.9 Å². The molecule has 1 saturated heterocycles. The van der Waals surface area contributed by atoms with Crippen LogP contribution >= 0.6 is 0 Å². The molecule has 1 aliphatic rings. The van der Waals surface area contributed by atoms with Crippen molar-refractivity contribution in [2.45, 2.75) is 55.8 Å². The number of hydrogen-bond donors (Lipinski definition) is 6. The van der Waals surface area contributed by atoms with E-state index in [1.54, 1.807) is 25.3 Å². The van der Waals surface area contributed by atoms with Crippen LogP contribution in [0.1, 0.15) is 23.2 Å². The van der Waals surface area contributed by atoms with Crippen molar-refractivity contribution in [2.24, 2.45) is 0 Å². The maximum absolute atomic E-state index is 13.1. The smallest absolute Gasteiger partial charge is 0.257 e. The number of amides is 2. The van der Waals surface area contributed by atoms with E-state index in [2.05, 4.69) is 30.6 Å². The summed E-state index contributed by atoms with van der Waals surface area (Å²) < 4.78 is 28.1. The van der Waals surface area contributed by atoms with E-state index >= 15 is 0 Å². The monoisotopic (exact) mass is 540 g/mol. The Morgan fingerprint density at radius 2 is 1.82 bits per heavy atom. The quantitative estimate of drug-likeness (QED) is 0.221. The molecule has 1 aliphatic heterocycles. The zero-order chi connectivity index (χ0) is 27.3. The van der Waals surface area contributed by atoms with Crippen molar-refractivity contribution in [3.8, 4) is 0 Å². The number of aliphatic hydroxyl groups excluding tert-OH is 1. The van der Waals surface area contributed by atoms with Gasteiger partial charge in [-0.1, -0.05) is 48.0 Å². The van der Waals surface area contributed by atoms with E-state index in [4.69, 9.17) is 0 Å². The molecule has 0 saturated carbocycles. The number of aryl methyl sites for hydroxylation is 2. The van der Waals surface area contributed by atoms with Gasteiger partial charge in [0, 0.05) is 24.5 Å². The molecule has 2 heterocycles. The number of hydrogen-bond acceptors (Lipinski definition) is 7. The maximum Gasteiger partial charge on any atom is 0.257 e. The van der Waals surface area contributed by atoms with Crippen LogP contribution in [0.2, 0.25) is 0 Å². The van der Waals surface area contributed by atoms with E-state index in [0.29, 0.717) is 0 Å². The number of aromatic amines is 1. The summed E-state index contributed by atoms with van der Waals surface area (Å²) in [5.41, 5.74) is 2.51. The Hall–Kier alpha value is -3.58. The second kappa shape index (κ2) is 11.9. The predicted octanol–water partition coefficient (Wildman–Crippen LogP) is 0.762. The number of carbonyl (C=O) groups is 2. The number of anilines is 1. The molecule has 4 atom stereocenters. The van der Waals surface area contributed by atoms with Crippen LogP contribution in [0.15, 0.2) is 65.7 Å². The third-order valence-corrected chi connectivity index (χ3v) is 7.86. The van der Waals surface area contributed by atoms with Crippen LogP contribution < -0.4 is 20.7 Å². The van der Waals surface area contributed by atoms with Crippen molar-refractivity contribution >= 4 is 27.8 Å². The highest BCUT2D eigenvalue weighted by molar-refractivity contribution is 7.89. The highest BCUT2D eigenvalue weighted by Crippen LogP contribution is 2.15. The van der Waals surface area contributed by atoms with E-state index in [1.807, 2.05) is 37.3 Å². The topological polar surface area (TPSA) is 165 Å². The molecular weight excluding hydrogens is 508 g/mol. The van der Waals surface area contributed by atoms with Gasteiger partial charge in [-0.2, -0.15) is 0 Å². The number of rotatable bonds is 10. The average molecular weight is 541 g/mol. The number of benzene rings is 2. The fourth-order valence-electron chi connectivity index (χ4n) is 4.27. The van der Waals surface area contributed by atoms with Crippen molar-refractivity contribution in [3.63, 3.8) is 0 Å². The van der Waals surface area contributed by atoms with Crippen molar-refractivity contribution in [1.29, 1.82) is 0 Å². The molecular formula is C26H32N6O5S. The molecule has 4 rings (SSSR count). The summed E-state index contributed by atoms with van der Waals surface area (Å²) in [5.74, 6) is -0.968. The van der Waals surface area contributed by atoms with Gasteiger partial charge in [-0.15, -0.1) is 0 Å². The van der Waals surface area contributed by atoms with Gasteiger partial charge in [0.1, 0.15) is 0 Å². The number of imidazole rings is 1. The summed E-state index contributed by atoms with van der Waals surface area (Å²) in [6.45, 7) is 3.91. The fraction of sp³-hybridized carbons (Fsp3) is 0.346. The Bertz CT molecular complexity index is 1360. The number of aliphatic hydroxyl groups is 1. The van der Waals surface area contributed by atoms with Crippen LogP contribution in [-0.2, 0) is 26.0 Å². The lowest BCUT2D eigenvalue weighted by Crippen LogP contribution is -2.53. The van der Waals surface area contributed by atoms with Crippen LogP contribution in [0.25, 0.3) is 0 Å². The van der Waals surface area contributed by atoms with Gasteiger partial charge in [0.25, 0.3) is 5.91 Å². The number of aromatic nitrogens is 2. The minimum Gasteiger partial charge on any atom is -0.381 e. The summed E-state index contributed by atoms with van der Waals surface area (Å²) in [4.78, 5) is 32.9. The minimum absolute atomic E-state index is 0.153. The lowest BCUT2D eigenvalue weighted by atomic mass is 10.00. The van der Waals surface area contributed by atoms with Gasteiger partial charge >= 0.3 is 0 Å². The molecule has 11 nitrogen and oxygen atoms in total. The normalized spacial score (nSPS) is 19.0. The van der Waals surface area contributed by atoms with Crippen molar-refractivity contribution in [2.75, 3.05) is 11.9 Å². The molecule has 12 heteroatoms. The first-order chi connectivity index (χ1) is 18.1. The molecule has 0 bridgehead atoms. The molecule has 2 amide bonds. The zero-order valence-corrected chi connectivity index (χ0v) is 22.0. The predicted molar refractivity (Wildman–Crippen MR) is 142 cm³/mol. The Balaban J connectivity index is 1.40. The third kappa shape index (κ3) is 7.04. The first-order valence-corrected chi connectivity index (χ1v) is 13.8. The number of sulfonamides is 1. The standard InChI is InChI=1S/C26H32N6O5S/c1-16-8-10-20(11-9-16)38(36,37)32-19-13-22(27-15-19)24(34)30-21(12-18-6-4-3-5-7-18)23(33)25(35)31-26-28-14-17(2)29-26/h3-11,14,19,21-23,27,32-33H,12-13,15H2,1-2H3,(H,30,34)(H2,28,29,31,35)/t19-,21?,22+,23?/m1/s1. The Morgan fingerprint density at radius 3 is 2.47 bits per heavy atom. The van der Waals surface area contributed by atoms with Gasteiger partial charge in [-0.25, -0.2) is 18.1 Å². The van der Waals surface area contributed by atoms with Crippen molar-refractivity contribution in [1.82, 2.24) is 25.3 Å². The molecule has 0 spiro atoms.